The Hall–Kier alpha value is -0.440. The van der Waals surface area contributed by atoms with E-state index in [4.69, 9.17) is 5.11 Å². The number of carboxylic acid groups (broad SMARTS) is 1. The fourth-order valence-electron chi connectivity index (χ4n) is 1.34. The standard InChI is InChI=1S/C9H12BrNO4S2/c1-3-11(5-9(12)13)17(14,15)7-4-8(10)16-6(7)2/h4H,3,5H2,1-2H3,(H,12,13). The van der Waals surface area contributed by atoms with Crippen LogP contribution >= 0.6 is 27.3 Å². The first kappa shape index (κ1) is 14.6. The summed E-state index contributed by atoms with van der Waals surface area (Å²) in [7, 11) is -3.72. The van der Waals surface area contributed by atoms with E-state index in [1.807, 2.05) is 0 Å². The van der Waals surface area contributed by atoms with Gasteiger partial charge in [0.15, 0.2) is 0 Å². The van der Waals surface area contributed by atoms with E-state index >= 15 is 0 Å². The van der Waals surface area contributed by atoms with Crippen molar-refractivity contribution in [2.75, 3.05) is 13.1 Å². The van der Waals surface area contributed by atoms with Crippen LogP contribution in [0.15, 0.2) is 14.7 Å². The first-order valence-corrected chi connectivity index (χ1v) is 7.82. The highest BCUT2D eigenvalue weighted by Gasteiger charge is 2.27. The summed E-state index contributed by atoms with van der Waals surface area (Å²) in [6.07, 6.45) is 0. The molecular weight excluding hydrogens is 330 g/mol. The minimum atomic E-state index is -3.72. The number of likely N-dealkylation sites (N-methyl/N-ethyl adjacent to an activating group) is 1. The third kappa shape index (κ3) is 3.27. The summed E-state index contributed by atoms with van der Waals surface area (Å²) in [6.45, 7) is 2.90. The molecule has 0 aromatic carbocycles. The van der Waals surface area contributed by atoms with Gasteiger partial charge in [-0.05, 0) is 28.9 Å². The van der Waals surface area contributed by atoms with Crippen molar-refractivity contribution < 1.29 is 18.3 Å². The highest BCUT2D eigenvalue weighted by molar-refractivity contribution is 9.11. The van der Waals surface area contributed by atoms with Gasteiger partial charge in [-0.3, -0.25) is 4.79 Å². The lowest BCUT2D eigenvalue weighted by Gasteiger charge is -2.17. The van der Waals surface area contributed by atoms with Gasteiger partial charge in [-0.1, -0.05) is 6.92 Å². The van der Waals surface area contributed by atoms with Gasteiger partial charge >= 0.3 is 5.97 Å². The molecule has 1 rings (SSSR count). The molecule has 1 aromatic heterocycles. The molecule has 0 aliphatic rings. The third-order valence-electron chi connectivity index (χ3n) is 2.12. The zero-order valence-electron chi connectivity index (χ0n) is 9.31. The van der Waals surface area contributed by atoms with Gasteiger partial charge in [0.05, 0.1) is 8.68 Å². The Balaban J connectivity index is 3.17. The van der Waals surface area contributed by atoms with E-state index in [-0.39, 0.29) is 11.4 Å². The molecule has 96 valence electrons. The summed E-state index contributed by atoms with van der Waals surface area (Å²) in [4.78, 5) is 11.4. The highest BCUT2D eigenvalue weighted by atomic mass is 79.9. The van der Waals surface area contributed by atoms with Gasteiger partial charge < -0.3 is 5.11 Å². The van der Waals surface area contributed by atoms with Crippen LogP contribution in [0.3, 0.4) is 0 Å². The van der Waals surface area contributed by atoms with Crippen LogP contribution in [0.1, 0.15) is 11.8 Å². The molecule has 0 saturated heterocycles. The Kier molecular flexibility index (Phi) is 4.70. The quantitative estimate of drug-likeness (QED) is 0.887. The Morgan fingerprint density at radius 1 is 1.59 bits per heavy atom. The molecule has 0 radical (unpaired) electrons. The average molecular weight is 342 g/mol. The highest BCUT2D eigenvalue weighted by Crippen LogP contribution is 2.31. The first-order chi connectivity index (χ1) is 7.78. The van der Waals surface area contributed by atoms with Crippen LogP contribution in [-0.2, 0) is 14.8 Å². The largest absolute Gasteiger partial charge is 0.480 e. The fraction of sp³-hybridized carbons (Fsp3) is 0.444. The maximum atomic E-state index is 12.2. The number of hydrogen-bond donors (Lipinski definition) is 1. The normalized spacial score (nSPS) is 12.0. The molecule has 5 nitrogen and oxygen atoms in total. The van der Waals surface area contributed by atoms with Crippen molar-refractivity contribution in [3.8, 4) is 0 Å². The van der Waals surface area contributed by atoms with Gasteiger partial charge in [-0.2, -0.15) is 4.31 Å². The molecule has 8 heteroatoms. The Labute approximate surface area is 112 Å². The zero-order chi connectivity index (χ0) is 13.2. The molecule has 0 fully saturated rings. The molecule has 1 aromatic rings. The maximum absolute atomic E-state index is 12.2. The van der Waals surface area contributed by atoms with Crippen molar-refractivity contribution in [1.29, 1.82) is 0 Å². The van der Waals surface area contributed by atoms with E-state index in [0.717, 1.165) is 4.31 Å². The van der Waals surface area contributed by atoms with Gasteiger partial charge in [-0.25, -0.2) is 8.42 Å². The predicted octanol–water partition coefficient (Wildman–Crippen LogP) is 1.91. The van der Waals surface area contributed by atoms with Crippen LogP contribution in [0.25, 0.3) is 0 Å². The van der Waals surface area contributed by atoms with Crippen molar-refractivity contribution >= 4 is 43.3 Å². The topological polar surface area (TPSA) is 74.7 Å². The monoisotopic (exact) mass is 341 g/mol. The molecule has 0 spiro atoms. The lowest BCUT2D eigenvalue weighted by molar-refractivity contribution is -0.137. The molecular formula is C9H12BrNO4S2. The number of carbonyl (C=O) groups is 1. The van der Waals surface area contributed by atoms with E-state index in [9.17, 15) is 13.2 Å². The smallest absolute Gasteiger partial charge is 0.318 e. The average Bonchev–Trinajstić information content (AvgIpc) is 2.54. The van der Waals surface area contributed by atoms with Crippen LogP contribution in [0, 0.1) is 6.92 Å². The van der Waals surface area contributed by atoms with Crippen LogP contribution < -0.4 is 0 Å². The SMILES string of the molecule is CCN(CC(=O)O)S(=O)(=O)c1cc(Br)sc1C. The van der Waals surface area contributed by atoms with Gasteiger partial charge in [0.25, 0.3) is 0 Å². The number of thiophene rings is 1. The minimum absolute atomic E-state index is 0.127. The molecule has 0 aliphatic carbocycles. The summed E-state index contributed by atoms with van der Waals surface area (Å²) < 4.78 is 26.0. The lowest BCUT2D eigenvalue weighted by atomic mass is 10.5. The predicted molar refractivity (Wildman–Crippen MR) is 68.8 cm³/mol. The second-order valence-electron chi connectivity index (χ2n) is 3.30. The number of halogens is 1. The van der Waals surface area contributed by atoms with Crippen molar-refractivity contribution in [3.05, 3.63) is 14.7 Å². The Morgan fingerprint density at radius 3 is 2.53 bits per heavy atom. The molecule has 0 bridgehead atoms. The van der Waals surface area contributed by atoms with Crippen LogP contribution in [0.4, 0.5) is 0 Å². The van der Waals surface area contributed by atoms with Crippen molar-refractivity contribution in [2.45, 2.75) is 18.7 Å². The van der Waals surface area contributed by atoms with E-state index in [1.165, 1.54) is 17.4 Å². The van der Waals surface area contributed by atoms with E-state index < -0.39 is 22.5 Å². The first-order valence-electron chi connectivity index (χ1n) is 4.77. The van der Waals surface area contributed by atoms with Crippen LogP contribution in [0.2, 0.25) is 0 Å². The van der Waals surface area contributed by atoms with Crippen molar-refractivity contribution in [1.82, 2.24) is 4.31 Å². The number of nitrogens with zero attached hydrogens (tertiary/aromatic N) is 1. The van der Waals surface area contributed by atoms with E-state index in [1.54, 1.807) is 13.8 Å². The summed E-state index contributed by atoms with van der Waals surface area (Å²) in [5, 5.41) is 8.69. The lowest BCUT2D eigenvalue weighted by Crippen LogP contribution is -2.35. The van der Waals surface area contributed by atoms with Gasteiger partial charge in [0.1, 0.15) is 6.54 Å². The molecule has 0 unspecified atom stereocenters. The zero-order valence-corrected chi connectivity index (χ0v) is 12.5. The van der Waals surface area contributed by atoms with Crippen LogP contribution in [-0.4, -0.2) is 36.9 Å². The molecule has 0 saturated carbocycles. The number of aryl methyl sites for hydroxylation is 1. The number of rotatable bonds is 5. The minimum Gasteiger partial charge on any atom is -0.480 e. The summed E-state index contributed by atoms with van der Waals surface area (Å²) >= 11 is 4.52. The Bertz CT molecular complexity index is 523. The number of sulfonamides is 1. The second kappa shape index (κ2) is 5.47. The summed E-state index contributed by atoms with van der Waals surface area (Å²) in [5.41, 5.74) is 0. The molecule has 17 heavy (non-hydrogen) atoms. The second-order valence-corrected chi connectivity index (χ2v) is 7.84. The Morgan fingerprint density at radius 2 is 2.18 bits per heavy atom. The number of aliphatic carboxylic acids is 1. The van der Waals surface area contributed by atoms with E-state index in [2.05, 4.69) is 15.9 Å². The number of hydrogen-bond acceptors (Lipinski definition) is 4. The molecule has 0 amide bonds. The van der Waals surface area contributed by atoms with Gasteiger partial charge in [0.2, 0.25) is 10.0 Å². The molecule has 1 N–H and O–H groups in total. The number of carboxylic acids is 1. The molecule has 0 aliphatic heterocycles. The van der Waals surface area contributed by atoms with Crippen molar-refractivity contribution in [2.24, 2.45) is 0 Å². The van der Waals surface area contributed by atoms with Gasteiger partial charge in [-0.15, -0.1) is 11.3 Å². The summed E-state index contributed by atoms with van der Waals surface area (Å²) in [5.74, 6) is -1.16. The van der Waals surface area contributed by atoms with E-state index in [0.29, 0.717) is 8.66 Å². The molecule has 0 atom stereocenters. The fourth-order valence-corrected chi connectivity index (χ4v) is 5.13. The third-order valence-corrected chi connectivity index (χ3v) is 5.85. The summed E-state index contributed by atoms with van der Waals surface area (Å²) in [6, 6.07) is 1.50. The van der Waals surface area contributed by atoms with Crippen LogP contribution in [0.5, 0.6) is 0 Å². The molecule has 1 heterocycles. The maximum Gasteiger partial charge on any atom is 0.318 e. The van der Waals surface area contributed by atoms with Crippen molar-refractivity contribution in [3.63, 3.8) is 0 Å². The van der Waals surface area contributed by atoms with Gasteiger partial charge in [0, 0.05) is 11.4 Å².